The Bertz CT molecular complexity index is 222. The number of aliphatic carboxylic acids is 1. The van der Waals surface area contributed by atoms with Gasteiger partial charge in [-0.05, 0) is 6.08 Å². The topological polar surface area (TPSA) is 107 Å². The van der Waals surface area contributed by atoms with E-state index in [1.54, 1.807) is 0 Å². The van der Waals surface area contributed by atoms with Crippen LogP contribution in [0.15, 0.2) is 11.8 Å². The minimum atomic E-state index is -1.70. The van der Waals surface area contributed by atoms with Gasteiger partial charge in [0.25, 0.3) is 0 Å². The summed E-state index contributed by atoms with van der Waals surface area (Å²) in [5.41, 5.74) is 0. The first-order valence-corrected chi connectivity index (χ1v) is 3.18. The highest BCUT2D eigenvalue weighted by atomic mass is 16.6. The van der Waals surface area contributed by atoms with E-state index in [0.717, 1.165) is 6.08 Å². The first-order chi connectivity index (χ1) is 5.52. The predicted octanol–water partition coefficient (Wildman–Crippen LogP) is -1.97. The molecule has 68 valence electrons. The zero-order valence-electron chi connectivity index (χ0n) is 5.91. The Hall–Kier alpha value is -1.11. The van der Waals surface area contributed by atoms with Crippen molar-refractivity contribution in [2.45, 2.75) is 18.5 Å². The number of hydrogen-bond donors (Lipinski definition) is 4. The quantitative estimate of drug-likeness (QED) is 0.369. The molecule has 0 aromatic heterocycles. The molecule has 0 amide bonds. The van der Waals surface area contributed by atoms with Crippen LogP contribution in [0.2, 0.25) is 0 Å². The van der Waals surface area contributed by atoms with Gasteiger partial charge in [-0.25, -0.2) is 4.79 Å². The number of rotatable bonds is 1. The minimum Gasteiger partial charge on any atom is -0.475 e. The molecule has 1 heterocycles. The van der Waals surface area contributed by atoms with Crippen molar-refractivity contribution >= 4 is 5.97 Å². The van der Waals surface area contributed by atoms with Crippen LogP contribution in [0.1, 0.15) is 0 Å². The number of ether oxygens (including phenoxy) is 1. The van der Waals surface area contributed by atoms with Gasteiger partial charge >= 0.3 is 5.97 Å². The highest BCUT2D eigenvalue weighted by Gasteiger charge is 2.32. The predicted molar refractivity (Wildman–Crippen MR) is 34.8 cm³/mol. The first kappa shape index (κ1) is 8.98. The van der Waals surface area contributed by atoms with Crippen LogP contribution in [0.4, 0.5) is 0 Å². The van der Waals surface area contributed by atoms with Crippen LogP contribution in [0.5, 0.6) is 0 Å². The highest BCUT2D eigenvalue weighted by molar-refractivity contribution is 5.84. The number of carboxylic acid groups (broad SMARTS) is 1. The van der Waals surface area contributed by atoms with Crippen LogP contribution in [0.25, 0.3) is 0 Å². The summed E-state index contributed by atoms with van der Waals surface area (Å²) in [6, 6.07) is 0. The molecule has 0 saturated carbocycles. The molecule has 3 atom stereocenters. The first-order valence-electron chi connectivity index (χ1n) is 3.18. The summed E-state index contributed by atoms with van der Waals surface area (Å²) >= 11 is 0. The molecule has 0 saturated heterocycles. The maximum Gasteiger partial charge on any atom is 0.371 e. The van der Waals surface area contributed by atoms with Crippen molar-refractivity contribution in [3.05, 3.63) is 11.8 Å². The standard InChI is InChI=1S/C6H8O6/c7-2-1-3(5(9)10)12-6(11)4(2)8/h1-2,4,6-8,11H,(H,9,10)/t2-,4+,6?/m1/s1. The van der Waals surface area contributed by atoms with Crippen molar-refractivity contribution in [3.63, 3.8) is 0 Å². The molecule has 1 unspecified atom stereocenters. The second kappa shape index (κ2) is 3.10. The lowest BCUT2D eigenvalue weighted by Gasteiger charge is -2.26. The monoisotopic (exact) mass is 176 g/mol. The Morgan fingerprint density at radius 2 is 2.00 bits per heavy atom. The largest absolute Gasteiger partial charge is 0.475 e. The molecule has 1 aliphatic heterocycles. The molecule has 0 fully saturated rings. The molecule has 1 aliphatic rings. The number of carbonyl (C=O) groups is 1. The molecular weight excluding hydrogens is 168 g/mol. The summed E-state index contributed by atoms with van der Waals surface area (Å²) in [6.45, 7) is 0. The molecule has 0 spiro atoms. The Morgan fingerprint density at radius 3 is 2.42 bits per heavy atom. The minimum absolute atomic E-state index is 0.569. The Balaban J connectivity index is 2.81. The van der Waals surface area contributed by atoms with Crippen LogP contribution < -0.4 is 0 Å². The molecule has 0 aliphatic carbocycles. The lowest BCUT2D eigenvalue weighted by Crippen LogP contribution is -2.42. The van der Waals surface area contributed by atoms with E-state index in [0.29, 0.717) is 0 Å². The van der Waals surface area contributed by atoms with E-state index in [2.05, 4.69) is 4.74 Å². The highest BCUT2D eigenvalue weighted by Crippen LogP contribution is 2.16. The zero-order valence-corrected chi connectivity index (χ0v) is 5.91. The third-order valence-corrected chi connectivity index (χ3v) is 1.42. The third kappa shape index (κ3) is 1.55. The van der Waals surface area contributed by atoms with Crippen molar-refractivity contribution in [1.82, 2.24) is 0 Å². The molecule has 0 bridgehead atoms. The number of aliphatic hydroxyl groups is 3. The van der Waals surface area contributed by atoms with Crippen LogP contribution in [-0.2, 0) is 9.53 Å². The van der Waals surface area contributed by atoms with E-state index in [1.807, 2.05) is 0 Å². The van der Waals surface area contributed by atoms with Gasteiger partial charge in [-0.3, -0.25) is 0 Å². The van der Waals surface area contributed by atoms with Crippen molar-refractivity contribution < 1.29 is 30.0 Å². The van der Waals surface area contributed by atoms with Crippen molar-refractivity contribution in [3.8, 4) is 0 Å². The van der Waals surface area contributed by atoms with Gasteiger partial charge in [-0.15, -0.1) is 0 Å². The average molecular weight is 176 g/mol. The summed E-state index contributed by atoms with van der Waals surface area (Å²) in [6.07, 6.45) is -3.80. The number of aliphatic hydroxyl groups excluding tert-OH is 3. The van der Waals surface area contributed by atoms with Gasteiger partial charge in [0.2, 0.25) is 12.0 Å². The van der Waals surface area contributed by atoms with Crippen molar-refractivity contribution in [2.24, 2.45) is 0 Å². The molecule has 1 rings (SSSR count). The van der Waals surface area contributed by atoms with E-state index < -0.39 is 30.2 Å². The van der Waals surface area contributed by atoms with Gasteiger partial charge in [0.1, 0.15) is 12.2 Å². The van der Waals surface area contributed by atoms with Gasteiger partial charge < -0.3 is 25.2 Å². The van der Waals surface area contributed by atoms with Gasteiger partial charge in [0.15, 0.2) is 0 Å². The van der Waals surface area contributed by atoms with Gasteiger partial charge in [-0.1, -0.05) is 0 Å². The SMILES string of the molecule is O=C(O)C1=C[C@@H](O)[C@H](O)C(O)O1. The Kier molecular flexibility index (Phi) is 2.32. The summed E-state index contributed by atoms with van der Waals surface area (Å²) in [5.74, 6) is -1.97. The maximum atomic E-state index is 10.3. The van der Waals surface area contributed by atoms with E-state index in [-0.39, 0.29) is 0 Å². The van der Waals surface area contributed by atoms with Gasteiger partial charge in [0, 0.05) is 0 Å². The second-order valence-electron chi connectivity index (χ2n) is 2.33. The average Bonchev–Trinajstić information content (AvgIpc) is 1.99. The van der Waals surface area contributed by atoms with Crippen LogP contribution in [0.3, 0.4) is 0 Å². The summed E-state index contributed by atoms with van der Waals surface area (Å²) in [5, 5.41) is 35.0. The molecule has 6 nitrogen and oxygen atoms in total. The Labute approximate surface area is 67.3 Å². The second-order valence-corrected chi connectivity index (χ2v) is 2.33. The van der Waals surface area contributed by atoms with E-state index in [9.17, 15) is 4.79 Å². The lowest BCUT2D eigenvalue weighted by atomic mass is 10.1. The third-order valence-electron chi connectivity index (χ3n) is 1.42. The molecule has 0 aromatic carbocycles. The van der Waals surface area contributed by atoms with Crippen molar-refractivity contribution in [1.29, 1.82) is 0 Å². The summed E-state index contributed by atoms with van der Waals surface area (Å²) < 4.78 is 4.34. The van der Waals surface area contributed by atoms with Gasteiger partial charge in [0.05, 0.1) is 0 Å². The molecule has 0 radical (unpaired) electrons. The Morgan fingerprint density at radius 1 is 1.42 bits per heavy atom. The van der Waals surface area contributed by atoms with Crippen LogP contribution in [0, 0.1) is 0 Å². The summed E-state index contributed by atoms with van der Waals surface area (Å²) in [7, 11) is 0. The van der Waals surface area contributed by atoms with Crippen LogP contribution >= 0.6 is 0 Å². The fourth-order valence-electron chi connectivity index (χ4n) is 0.783. The molecule has 12 heavy (non-hydrogen) atoms. The normalized spacial score (nSPS) is 35.2. The van der Waals surface area contributed by atoms with Crippen molar-refractivity contribution in [2.75, 3.05) is 0 Å². The molecular formula is C6H8O6. The molecule has 0 aromatic rings. The lowest BCUT2D eigenvalue weighted by molar-refractivity contribution is -0.183. The maximum absolute atomic E-state index is 10.3. The molecule has 6 heteroatoms. The summed E-state index contributed by atoms with van der Waals surface area (Å²) in [4.78, 5) is 10.3. The zero-order chi connectivity index (χ0) is 9.30. The smallest absolute Gasteiger partial charge is 0.371 e. The molecule has 4 N–H and O–H groups in total. The fourth-order valence-corrected chi connectivity index (χ4v) is 0.783. The van der Waals surface area contributed by atoms with Crippen LogP contribution in [-0.4, -0.2) is 44.9 Å². The van der Waals surface area contributed by atoms with Gasteiger partial charge in [-0.2, -0.15) is 0 Å². The fraction of sp³-hybridized carbons (Fsp3) is 0.500. The van der Waals surface area contributed by atoms with E-state index in [4.69, 9.17) is 20.4 Å². The van der Waals surface area contributed by atoms with E-state index >= 15 is 0 Å². The number of hydrogen-bond acceptors (Lipinski definition) is 5. The number of carboxylic acids is 1. The van der Waals surface area contributed by atoms with E-state index in [1.165, 1.54) is 0 Å².